The van der Waals surface area contributed by atoms with Crippen molar-refractivity contribution in [1.29, 1.82) is 0 Å². The van der Waals surface area contributed by atoms with Gasteiger partial charge in [0.1, 0.15) is 6.04 Å². The lowest BCUT2D eigenvalue weighted by molar-refractivity contribution is -0.142. The fraction of sp³-hybridized carbons (Fsp3) is 0.500. The van der Waals surface area contributed by atoms with Crippen LogP contribution in [-0.2, 0) is 16.0 Å². The van der Waals surface area contributed by atoms with Gasteiger partial charge < -0.3 is 16.2 Å². The topological polar surface area (TPSA) is 92.4 Å². The summed E-state index contributed by atoms with van der Waals surface area (Å²) in [5, 5.41) is 11.8. The summed E-state index contributed by atoms with van der Waals surface area (Å²) in [5.41, 5.74) is 6.47. The predicted octanol–water partition coefficient (Wildman–Crippen LogP) is 1.56. The highest BCUT2D eigenvalue weighted by Crippen LogP contribution is 2.17. The Morgan fingerprint density at radius 3 is 2.29 bits per heavy atom. The van der Waals surface area contributed by atoms with Gasteiger partial charge in [0.15, 0.2) is 0 Å². The zero-order valence-electron chi connectivity index (χ0n) is 12.8. The summed E-state index contributed by atoms with van der Waals surface area (Å²) in [6.07, 6.45) is 0.921. The van der Waals surface area contributed by atoms with Crippen molar-refractivity contribution in [2.75, 3.05) is 0 Å². The molecule has 2 atom stereocenters. The van der Waals surface area contributed by atoms with Crippen LogP contribution >= 0.6 is 0 Å². The number of carbonyl (C=O) groups is 2. The molecule has 0 aliphatic heterocycles. The third-order valence-corrected chi connectivity index (χ3v) is 3.39. The largest absolute Gasteiger partial charge is 0.480 e. The molecule has 21 heavy (non-hydrogen) atoms. The first-order chi connectivity index (χ1) is 9.71. The van der Waals surface area contributed by atoms with E-state index >= 15 is 0 Å². The van der Waals surface area contributed by atoms with E-state index in [0.717, 1.165) is 5.56 Å². The number of rotatable bonds is 6. The van der Waals surface area contributed by atoms with E-state index in [9.17, 15) is 14.7 Å². The van der Waals surface area contributed by atoms with Gasteiger partial charge in [-0.1, -0.05) is 51.1 Å². The molecule has 1 rings (SSSR count). The van der Waals surface area contributed by atoms with Crippen molar-refractivity contribution in [3.63, 3.8) is 0 Å². The van der Waals surface area contributed by atoms with Crippen LogP contribution in [0, 0.1) is 5.41 Å². The molecule has 0 heterocycles. The van der Waals surface area contributed by atoms with Gasteiger partial charge in [0.05, 0.1) is 6.04 Å². The average Bonchev–Trinajstić information content (AvgIpc) is 2.42. The first-order valence-electron chi connectivity index (χ1n) is 7.04. The Labute approximate surface area is 125 Å². The molecule has 5 nitrogen and oxygen atoms in total. The summed E-state index contributed by atoms with van der Waals surface area (Å²) in [5.74, 6) is -1.47. The molecule has 0 saturated heterocycles. The summed E-state index contributed by atoms with van der Waals surface area (Å²) in [7, 11) is 0. The van der Waals surface area contributed by atoms with Crippen LogP contribution in [0.2, 0.25) is 0 Å². The van der Waals surface area contributed by atoms with Crippen LogP contribution in [0.15, 0.2) is 30.3 Å². The molecule has 0 spiro atoms. The van der Waals surface area contributed by atoms with Crippen LogP contribution in [0.5, 0.6) is 0 Å². The zero-order valence-corrected chi connectivity index (χ0v) is 12.8. The summed E-state index contributed by atoms with van der Waals surface area (Å²) in [6.45, 7) is 5.53. The Bertz CT molecular complexity index is 480. The van der Waals surface area contributed by atoms with E-state index in [0.29, 0.717) is 12.8 Å². The van der Waals surface area contributed by atoms with E-state index in [1.165, 1.54) is 0 Å². The quantitative estimate of drug-likeness (QED) is 0.742. The lowest BCUT2D eigenvalue weighted by Gasteiger charge is -2.27. The van der Waals surface area contributed by atoms with Gasteiger partial charge in [-0.15, -0.1) is 0 Å². The van der Waals surface area contributed by atoms with E-state index in [4.69, 9.17) is 5.73 Å². The number of carboxylic acid groups (broad SMARTS) is 1. The van der Waals surface area contributed by atoms with Gasteiger partial charge in [-0.25, -0.2) is 4.79 Å². The monoisotopic (exact) mass is 292 g/mol. The van der Waals surface area contributed by atoms with E-state index in [2.05, 4.69) is 5.32 Å². The van der Waals surface area contributed by atoms with Crippen molar-refractivity contribution < 1.29 is 14.7 Å². The maximum absolute atomic E-state index is 12.0. The number of carbonyl (C=O) groups excluding carboxylic acids is 1. The van der Waals surface area contributed by atoms with Gasteiger partial charge in [0.25, 0.3) is 0 Å². The van der Waals surface area contributed by atoms with Crippen molar-refractivity contribution in [2.24, 2.45) is 11.1 Å². The minimum atomic E-state index is -1.04. The fourth-order valence-electron chi connectivity index (χ4n) is 1.87. The van der Waals surface area contributed by atoms with E-state index in [-0.39, 0.29) is 0 Å². The van der Waals surface area contributed by atoms with E-state index in [1.54, 1.807) is 0 Å². The number of aliphatic carboxylic acids is 1. The molecule has 0 fully saturated rings. The first kappa shape index (κ1) is 17.2. The molecule has 5 heteroatoms. The molecule has 1 aromatic carbocycles. The highest BCUT2D eigenvalue weighted by molar-refractivity contribution is 5.87. The SMILES string of the molecule is CC(C)(C)[C@@H](N)C(=O)NC(CCc1ccccc1)C(=O)O. The summed E-state index contributed by atoms with van der Waals surface area (Å²) in [4.78, 5) is 23.3. The second-order valence-corrected chi connectivity index (χ2v) is 6.27. The van der Waals surface area contributed by atoms with Crippen molar-refractivity contribution in [1.82, 2.24) is 5.32 Å². The molecule has 0 bridgehead atoms. The number of carboxylic acids is 1. The molecule has 0 radical (unpaired) electrons. The van der Waals surface area contributed by atoms with Crippen LogP contribution in [0.25, 0.3) is 0 Å². The third kappa shape index (κ3) is 5.55. The molecule has 0 aliphatic carbocycles. The van der Waals surface area contributed by atoms with E-state index < -0.39 is 29.4 Å². The number of benzene rings is 1. The van der Waals surface area contributed by atoms with Crippen LogP contribution in [0.3, 0.4) is 0 Å². The van der Waals surface area contributed by atoms with Gasteiger partial charge >= 0.3 is 5.97 Å². The Balaban J connectivity index is 2.62. The number of aryl methyl sites for hydroxylation is 1. The van der Waals surface area contributed by atoms with Crippen LogP contribution in [-0.4, -0.2) is 29.1 Å². The minimum Gasteiger partial charge on any atom is -0.480 e. The average molecular weight is 292 g/mol. The summed E-state index contributed by atoms with van der Waals surface area (Å²) >= 11 is 0. The van der Waals surface area contributed by atoms with Gasteiger partial charge in [0.2, 0.25) is 5.91 Å². The Morgan fingerprint density at radius 2 is 1.81 bits per heavy atom. The maximum Gasteiger partial charge on any atom is 0.326 e. The standard InChI is InChI=1S/C16H24N2O3/c1-16(2,3)13(17)14(19)18-12(15(20)21)10-9-11-7-5-4-6-8-11/h4-8,12-13H,9-10,17H2,1-3H3,(H,18,19)(H,20,21)/t12?,13-/m0/s1. The Hall–Kier alpha value is -1.88. The van der Waals surface area contributed by atoms with Crippen molar-refractivity contribution in [3.05, 3.63) is 35.9 Å². The van der Waals surface area contributed by atoms with Gasteiger partial charge in [-0.2, -0.15) is 0 Å². The second kappa shape index (κ2) is 7.22. The lowest BCUT2D eigenvalue weighted by atomic mass is 9.86. The molecule has 0 aliphatic rings. The van der Waals surface area contributed by atoms with Crippen molar-refractivity contribution in [2.45, 2.75) is 45.7 Å². The predicted molar refractivity (Wildman–Crippen MR) is 81.8 cm³/mol. The van der Waals surface area contributed by atoms with Crippen molar-refractivity contribution in [3.8, 4) is 0 Å². The molecule has 1 aromatic rings. The van der Waals surface area contributed by atoms with Crippen LogP contribution in [0.4, 0.5) is 0 Å². The number of nitrogens with two attached hydrogens (primary N) is 1. The van der Waals surface area contributed by atoms with E-state index in [1.807, 2.05) is 51.1 Å². The van der Waals surface area contributed by atoms with Gasteiger partial charge in [-0.05, 0) is 23.8 Å². The normalized spacial score (nSPS) is 14.3. The van der Waals surface area contributed by atoms with Crippen LogP contribution < -0.4 is 11.1 Å². The minimum absolute atomic E-state index is 0.335. The first-order valence-corrected chi connectivity index (χ1v) is 7.04. The molecule has 1 unspecified atom stereocenters. The Morgan fingerprint density at radius 1 is 1.24 bits per heavy atom. The molecule has 1 amide bonds. The number of hydrogen-bond donors (Lipinski definition) is 3. The third-order valence-electron chi connectivity index (χ3n) is 3.39. The van der Waals surface area contributed by atoms with Crippen molar-refractivity contribution >= 4 is 11.9 Å². The lowest BCUT2D eigenvalue weighted by Crippen LogP contribution is -2.53. The molecular weight excluding hydrogens is 268 g/mol. The molecular formula is C16H24N2O3. The van der Waals surface area contributed by atoms with Gasteiger partial charge in [0, 0.05) is 0 Å². The Kier molecular flexibility index (Phi) is 5.90. The summed E-state index contributed by atoms with van der Waals surface area (Å²) in [6, 6.07) is 7.91. The number of hydrogen-bond acceptors (Lipinski definition) is 3. The number of nitrogens with one attached hydrogen (secondary N) is 1. The highest BCUT2D eigenvalue weighted by Gasteiger charge is 2.30. The van der Waals surface area contributed by atoms with Crippen LogP contribution in [0.1, 0.15) is 32.8 Å². The fourth-order valence-corrected chi connectivity index (χ4v) is 1.87. The molecule has 0 saturated carbocycles. The molecule has 0 aromatic heterocycles. The number of amides is 1. The maximum atomic E-state index is 12.0. The molecule has 116 valence electrons. The smallest absolute Gasteiger partial charge is 0.326 e. The summed E-state index contributed by atoms with van der Waals surface area (Å²) < 4.78 is 0. The second-order valence-electron chi connectivity index (χ2n) is 6.27. The zero-order chi connectivity index (χ0) is 16.0. The highest BCUT2D eigenvalue weighted by atomic mass is 16.4. The molecule has 4 N–H and O–H groups in total. The van der Waals surface area contributed by atoms with Gasteiger partial charge in [-0.3, -0.25) is 4.79 Å².